The van der Waals surface area contributed by atoms with Crippen molar-refractivity contribution < 1.29 is 35.8 Å². The predicted molar refractivity (Wildman–Crippen MR) is 95.3 cm³/mol. The van der Waals surface area contributed by atoms with Crippen molar-refractivity contribution in [1.29, 1.82) is 0 Å². The van der Waals surface area contributed by atoms with Crippen molar-refractivity contribution in [3.63, 3.8) is 0 Å². The van der Waals surface area contributed by atoms with Crippen LogP contribution in [0.2, 0.25) is 0 Å². The Kier molecular flexibility index (Phi) is 4.63. The third kappa shape index (κ3) is 3.17. The van der Waals surface area contributed by atoms with Gasteiger partial charge in [0.05, 0.1) is 16.2 Å². The van der Waals surface area contributed by atoms with E-state index < -0.39 is 36.8 Å². The largest absolute Gasteiger partial charge is 0.506 e. The smallest absolute Gasteiger partial charge is 0.345 e. The van der Waals surface area contributed by atoms with Gasteiger partial charge in [-0.25, -0.2) is 0 Å². The Hall–Kier alpha value is -2.99. The molecular formula is C16H11F6N6O2P. The van der Waals surface area contributed by atoms with Crippen LogP contribution < -0.4 is 0 Å². The van der Waals surface area contributed by atoms with Crippen LogP contribution in [0.5, 0.6) is 0 Å². The van der Waals surface area contributed by atoms with E-state index in [9.17, 15) is 35.8 Å². The highest BCUT2D eigenvalue weighted by atomic mass is 31.1. The number of rotatable bonds is 3. The molecule has 4 aromatic rings. The van der Waals surface area contributed by atoms with Crippen molar-refractivity contribution in [3.8, 4) is 0 Å². The summed E-state index contributed by atoms with van der Waals surface area (Å²) < 4.78 is 91.2. The van der Waals surface area contributed by atoms with Crippen LogP contribution in [0.15, 0.2) is 36.4 Å². The van der Waals surface area contributed by atoms with Gasteiger partial charge in [0.25, 0.3) is 0 Å². The predicted octanol–water partition coefficient (Wildman–Crippen LogP) is 3.86. The van der Waals surface area contributed by atoms with E-state index in [1.165, 1.54) is 31.2 Å². The normalized spacial score (nSPS) is 14.5. The molecule has 0 amide bonds. The molecule has 1 atom stereocenters. The summed E-state index contributed by atoms with van der Waals surface area (Å²) in [5.41, 5.74) is -1.86. The minimum absolute atomic E-state index is 0.124. The second-order valence-corrected chi connectivity index (χ2v) is 8.33. The van der Waals surface area contributed by atoms with Gasteiger partial charge in [0.15, 0.2) is 0 Å². The molecule has 0 fully saturated rings. The van der Waals surface area contributed by atoms with E-state index in [4.69, 9.17) is 0 Å². The Morgan fingerprint density at radius 2 is 1.19 bits per heavy atom. The number of nitrogens with zero attached hydrogens (tertiary/aromatic N) is 6. The lowest BCUT2D eigenvalue weighted by molar-refractivity contribution is -0.210. The van der Waals surface area contributed by atoms with Crippen molar-refractivity contribution in [2.75, 3.05) is 0 Å². The first kappa shape index (κ1) is 21.2. The second kappa shape index (κ2) is 6.76. The molecule has 0 radical (unpaired) electrons. The Morgan fingerprint density at radius 1 is 0.806 bits per heavy atom. The topological polar surface area (TPSA) is 98.7 Å². The van der Waals surface area contributed by atoms with Gasteiger partial charge >= 0.3 is 12.6 Å². The molecule has 2 aromatic carbocycles. The van der Waals surface area contributed by atoms with E-state index in [0.717, 1.165) is 12.1 Å². The molecular weight excluding hydrogens is 453 g/mol. The molecule has 2 aromatic heterocycles. The molecule has 1 unspecified atom stereocenters. The van der Waals surface area contributed by atoms with Gasteiger partial charge in [-0.1, -0.05) is 34.7 Å². The number of hydrogen-bond acceptors (Lipinski definition) is 5. The summed E-state index contributed by atoms with van der Waals surface area (Å²) in [6, 6.07) is 7.09. The molecule has 0 bridgehead atoms. The lowest BCUT2D eigenvalue weighted by atomic mass is 9.90. The molecule has 0 saturated heterocycles. The minimum atomic E-state index is -4.90. The molecule has 0 aliphatic carbocycles. The maximum atomic E-state index is 13.2. The van der Waals surface area contributed by atoms with Crippen molar-refractivity contribution in [3.05, 3.63) is 47.5 Å². The Morgan fingerprint density at radius 3 is 1.52 bits per heavy atom. The molecule has 0 aliphatic heterocycles. The van der Waals surface area contributed by atoms with Crippen LogP contribution in [0.4, 0.5) is 26.3 Å². The van der Waals surface area contributed by atoms with Crippen LogP contribution in [0.1, 0.15) is 18.1 Å². The highest BCUT2D eigenvalue weighted by Gasteiger charge is 2.42. The summed E-state index contributed by atoms with van der Waals surface area (Å²) in [5, 5.41) is 11.3. The molecule has 1 N–H and O–H groups in total. The summed E-state index contributed by atoms with van der Waals surface area (Å²) in [4.78, 5) is 10.2. The zero-order valence-corrected chi connectivity index (χ0v) is 16.3. The molecule has 31 heavy (non-hydrogen) atoms. The molecule has 8 nitrogen and oxygen atoms in total. The van der Waals surface area contributed by atoms with Gasteiger partial charge in [0.1, 0.15) is 11.0 Å². The summed E-state index contributed by atoms with van der Waals surface area (Å²) in [6.07, 6.45) is -9.80. The minimum Gasteiger partial charge on any atom is -0.345 e. The fourth-order valence-corrected chi connectivity index (χ4v) is 4.31. The maximum absolute atomic E-state index is 13.2. The quantitative estimate of drug-likeness (QED) is 0.365. The lowest BCUT2D eigenvalue weighted by Gasteiger charge is -2.28. The third-order valence-corrected chi connectivity index (χ3v) is 6.33. The van der Waals surface area contributed by atoms with Crippen LogP contribution in [-0.4, -0.2) is 34.9 Å². The van der Waals surface area contributed by atoms with Gasteiger partial charge in [0.2, 0.25) is 8.03 Å². The molecule has 164 valence electrons. The Labute approximate surface area is 168 Å². The van der Waals surface area contributed by atoms with Crippen molar-refractivity contribution in [2.24, 2.45) is 0 Å². The molecule has 0 aliphatic rings. The number of hydrogen-bond donors (Lipinski definition) is 1. The molecule has 4 rings (SSSR count). The standard InChI is InChI=1S/C16H11F6N6O2P/c1-14(31(29)30,8-4-2-6-10-12(8)23-25-27(10)15(17,18)19)9-5-3-7-11-13(9)24-26-28(11)16(20,21)22/h2-7,31H,1H3,(H,29,30). The summed E-state index contributed by atoms with van der Waals surface area (Å²) in [5.74, 6) is 0. The molecule has 0 saturated carbocycles. The SMILES string of the molecule is CC(c1cccc2c1nnn2C(F)(F)F)(c1cccc2c1nnn2C(F)(F)F)[PH](=O)O. The van der Waals surface area contributed by atoms with Crippen molar-refractivity contribution >= 4 is 30.1 Å². The van der Waals surface area contributed by atoms with E-state index in [-0.39, 0.29) is 31.5 Å². The zero-order valence-electron chi connectivity index (χ0n) is 15.3. The number of aromatic nitrogens is 6. The summed E-state index contributed by atoms with van der Waals surface area (Å²) >= 11 is 0. The van der Waals surface area contributed by atoms with Gasteiger partial charge in [-0.05, 0) is 19.1 Å². The van der Waals surface area contributed by atoms with Crippen LogP contribution in [0.3, 0.4) is 0 Å². The molecule has 2 heterocycles. The van der Waals surface area contributed by atoms with E-state index >= 15 is 0 Å². The van der Waals surface area contributed by atoms with E-state index in [0.29, 0.717) is 0 Å². The van der Waals surface area contributed by atoms with Gasteiger partial charge < -0.3 is 4.89 Å². The number of halogens is 6. The highest BCUT2D eigenvalue weighted by molar-refractivity contribution is 7.40. The van der Waals surface area contributed by atoms with Crippen molar-refractivity contribution in [1.82, 2.24) is 30.0 Å². The lowest BCUT2D eigenvalue weighted by Crippen LogP contribution is -2.21. The fraction of sp³-hybridized carbons (Fsp3) is 0.250. The average Bonchev–Trinajstić information content (AvgIpc) is 3.30. The summed E-state index contributed by atoms with van der Waals surface area (Å²) in [7, 11) is -3.68. The monoisotopic (exact) mass is 464 g/mol. The number of benzene rings is 2. The Balaban J connectivity index is 2.04. The fourth-order valence-electron chi connectivity index (χ4n) is 3.45. The van der Waals surface area contributed by atoms with Crippen molar-refractivity contribution in [2.45, 2.75) is 24.7 Å². The molecule has 15 heteroatoms. The van der Waals surface area contributed by atoms with Crippen LogP contribution >= 0.6 is 8.03 Å². The zero-order chi connectivity index (χ0) is 22.8. The number of alkyl halides is 6. The second-order valence-electron chi connectivity index (χ2n) is 6.71. The van der Waals surface area contributed by atoms with Gasteiger partial charge in [0, 0.05) is 11.1 Å². The van der Waals surface area contributed by atoms with Gasteiger partial charge in [-0.15, -0.1) is 36.5 Å². The summed E-state index contributed by atoms with van der Waals surface area (Å²) in [6.45, 7) is 1.22. The maximum Gasteiger partial charge on any atom is 0.506 e. The number of fused-ring (bicyclic) bond motifs is 2. The van der Waals surface area contributed by atoms with Crippen LogP contribution in [0, 0.1) is 0 Å². The van der Waals surface area contributed by atoms with E-state index in [2.05, 4.69) is 20.6 Å². The average molecular weight is 464 g/mol. The first-order chi connectivity index (χ1) is 14.4. The van der Waals surface area contributed by atoms with Crippen LogP contribution in [-0.2, 0) is 22.3 Å². The van der Waals surface area contributed by atoms with Gasteiger partial charge in [-0.3, -0.25) is 4.57 Å². The van der Waals surface area contributed by atoms with E-state index in [1.54, 1.807) is 0 Å². The van der Waals surface area contributed by atoms with E-state index in [1.807, 2.05) is 0 Å². The van der Waals surface area contributed by atoms with Crippen LogP contribution in [0.25, 0.3) is 22.1 Å². The van der Waals surface area contributed by atoms with Gasteiger partial charge in [-0.2, -0.15) is 9.36 Å². The highest BCUT2D eigenvalue weighted by Crippen LogP contribution is 2.52. The third-order valence-electron chi connectivity index (χ3n) is 4.94. The first-order valence-corrected chi connectivity index (χ1v) is 9.80. The Bertz CT molecular complexity index is 1240. The molecule has 0 spiro atoms. The first-order valence-electron chi connectivity index (χ1n) is 8.44.